The van der Waals surface area contributed by atoms with Gasteiger partial charge in [0.1, 0.15) is 6.04 Å². The SMILES string of the molecule is CC(C)C[C@H](NC(=O)Cc1ccsc1)C(=O)NN. The number of carbonyl (C=O) groups is 2. The molecule has 0 radical (unpaired) electrons. The molecule has 0 unspecified atom stereocenters. The molecular weight excluding hydrogens is 250 g/mol. The largest absolute Gasteiger partial charge is 0.344 e. The van der Waals surface area contributed by atoms with Crippen LogP contribution in [-0.2, 0) is 16.0 Å². The molecule has 5 nitrogen and oxygen atoms in total. The Morgan fingerprint density at radius 2 is 2.17 bits per heavy atom. The van der Waals surface area contributed by atoms with Gasteiger partial charge in [0.25, 0.3) is 5.91 Å². The van der Waals surface area contributed by atoms with Crippen molar-refractivity contribution >= 4 is 23.2 Å². The minimum absolute atomic E-state index is 0.164. The molecule has 0 aliphatic rings. The van der Waals surface area contributed by atoms with E-state index in [0.29, 0.717) is 12.3 Å². The average Bonchev–Trinajstić information content (AvgIpc) is 2.79. The molecule has 6 heteroatoms. The molecule has 1 atom stereocenters. The zero-order valence-electron chi connectivity index (χ0n) is 10.6. The quantitative estimate of drug-likeness (QED) is 0.406. The van der Waals surface area contributed by atoms with Crippen molar-refractivity contribution in [3.8, 4) is 0 Å². The lowest BCUT2D eigenvalue weighted by Crippen LogP contribution is -2.49. The first-order valence-electron chi connectivity index (χ1n) is 5.83. The van der Waals surface area contributed by atoms with Crippen LogP contribution in [0.15, 0.2) is 16.8 Å². The maximum Gasteiger partial charge on any atom is 0.256 e. The maximum atomic E-state index is 11.8. The van der Waals surface area contributed by atoms with Crippen molar-refractivity contribution in [3.05, 3.63) is 22.4 Å². The van der Waals surface area contributed by atoms with Gasteiger partial charge in [-0.3, -0.25) is 15.0 Å². The van der Waals surface area contributed by atoms with Crippen LogP contribution >= 0.6 is 11.3 Å². The molecule has 0 spiro atoms. The highest BCUT2D eigenvalue weighted by atomic mass is 32.1. The maximum absolute atomic E-state index is 11.8. The van der Waals surface area contributed by atoms with Gasteiger partial charge < -0.3 is 5.32 Å². The number of hydrogen-bond donors (Lipinski definition) is 3. The lowest BCUT2D eigenvalue weighted by molar-refractivity contribution is -0.129. The summed E-state index contributed by atoms with van der Waals surface area (Å²) in [5.41, 5.74) is 3.04. The van der Waals surface area contributed by atoms with Crippen molar-refractivity contribution in [3.63, 3.8) is 0 Å². The van der Waals surface area contributed by atoms with Crippen LogP contribution in [0.5, 0.6) is 0 Å². The Hall–Kier alpha value is -1.40. The van der Waals surface area contributed by atoms with Crippen LogP contribution in [0.1, 0.15) is 25.8 Å². The van der Waals surface area contributed by atoms with E-state index in [9.17, 15) is 9.59 Å². The van der Waals surface area contributed by atoms with Crippen LogP contribution < -0.4 is 16.6 Å². The molecule has 1 aromatic rings. The van der Waals surface area contributed by atoms with Crippen LogP contribution in [-0.4, -0.2) is 17.9 Å². The minimum Gasteiger partial charge on any atom is -0.344 e. The van der Waals surface area contributed by atoms with E-state index >= 15 is 0 Å². The molecule has 0 fully saturated rings. The van der Waals surface area contributed by atoms with Gasteiger partial charge in [-0.25, -0.2) is 5.84 Å². The van der Waals surface area contributed by atoms with Crippen molar-refractivity contribution in [2.24, 2.45) is 11.8 Å². The second kappa shape index (κ2) is 7.13. The zero-order valence-corrected chi connectivity index (χ0v) is 11.4. The molecule has 0 saturated carbocycles. The molecule has 4 N–H and O–H groups in total. The normalized spacial score (nSPS) is 12.2. The predicted molar refractivity (Wildman–Crippen MR) is 71.7 cm³/mol. The number of nitrogens with two attached hydrogens (primary N) is 1. The number of nitrogens with one attached hydrogen (secondary N) is 2. The third-order valence-electron chi connectivity index (χ3n) is 2.45. The summed E-state index contributed by atoms with van der Waals surface area (Å²) in [5.74, 6) is 4.89. The third kappa shape index (κ3) is 4.85. The number of thiophene rings is 1. The second-order valence-electron chi connectivity index (χ2n) is 4.57. The van der Waals surface area contributed by atoms with E-state index in [-0.39, 0.29) is 18.2 Å². The van der Waals surface area contributed by atoms with Crippen LogP contribution in [0, 0.1) is 5.92 Å². The average molecular weight is 269 g/mol. The van der Waals surface area contributed by atoms with Crippen molar-refractivity contribution in [1.82, 2.24) is 10.7 Å². The Bertz CT molecular complexity index is 390. The molecule has 1 rings (SSSR count). The van der Waals surface area contributed by atoms with Crippen LogP contribution in [0.25, 0.3) is 0 Å². The highest BCUT2D eigenvalue weighted by Crippen LogP contribution is 2.08. The Morgan fingerprint density at radius 1 is 1.44 bits per heavy atom. The van der Waals surface area contributed by atoms with Gasteiger partial charge in [0.2, 0.25) is 5.91 Å². The van der Waals surface area contributed by atoms with Crippen LogP contribution in [0.3, 0.4) is 0 Å². The van der Waals surface area contributed by atoms with Gasteiger partial charge in [0, 0.05) is 0 Å². The van der Waals surface area contributed by atoms with Gasteiger partial charge in [-0.05, 0) is 34.7 Å². The summed E-state index contributed by atoms with van der Waals surface area (Å²) in [4.78, 5) is 23.3. The van der Waals surface area contributed by atoms with E-state index in [0.717, 1.165) is 5.56 Å². The number of rotatable bonds is 6. The van der Waals surface area contributed by atoms with Gasteiger partial charge in [0.05, 0.1) is 6.42 Å². The Morgan fingerprint density at radius 3 is 2.67 bits per heavy atom. The lowest BCUT2D eigenvalue weighted by atomic mass is 10.0. The molecule has 0 aromatic carbocycles. The van der Waals surface area contributed by atoms with Crippen LogP contribution in [0.4, 0.5) is 0 Å². The lowest BCUT2D eigenvalue weighted by Gasteiger charge is -2.18. The topological polar surface area (TPSA) is 84.2 Å². The molecule has 0 bridgehead atoms. The van der Waals surface area contributed by atoms with Crippen molar-refractivity contribution in [2.45, 2.75) is 32.7 Å². The van der Waals surface area contributed by atoms with E-state index in [4.69, 9.17) is 5.84 Å². The third-order valence-corrected chi connectivity index (χ3v) is 3.18. The van der Waals surface area contributed by atoms with E-state index < -0.39 is 6.04 Å². The van der Waals surface area contributed by atoms with Crippen molar-refractivity contribution < 1.29 is 9.59 Å². The standard InChI is InChI=1S/C12H19N3O2S/c1-8(2)5-10(12(17)15-13)14-11(16)6-9-3-4-18-7-9/h3-4,7-8,10H,5-6,13H2,1-2H3,(H,14,16)(H,15,17)/t10-/m0/s1. The predicted octanol–water partition coefficient (Wildman–Crippen LogP) is 0.811. The van der Waals surface area contributed by atoms with E-state index in [2.05, 4.69) is 10.7 Å². The molecule has 100 valence electrons. The monoisotopic (exact) mass is 269 g/mol. The van der Waals surface area contributed by atoms with Gasteiger partial charge in [-0.15, -0.1) is 0 Å². The van der Waals surface area contributed by atoms with Gasteiger partial charge in [-0.2, -0.15) is 11.3 Å². The zero-order chi connectivity index (χ0) is 13.5. The van der Waals surface area contributed by atoms with E-state index in [1.165, 1.54) is 0 Å². The van der Waals surface area contributed by atoms with E-state index in [1.807, 2.05) is 30.7 Å². The Labute approximate surface area is 111 Å². The summed E-state index contributed by atoms with van der Waals surface area (Å²) in [7, 11) is 0. The van der Waals surface area contributed by atoms with Crippen molar-refractivity contribution in [1.29, 1.82) is 0 Å². The summed E-state index contributed by atoms with van der Waals surface area (Å²) in [6, 6.07) is 1.33. The Kier molecular flexibility index (Phi) is 5.80. The second-order valence-corrected chi connectivity index (χ2v) is 5.35. The summed E-state index contributed by atoms with van der Waals surface area (Å²) < 4.78 is 0. The number of carbonyl (C=O) groups excluding carboxylic acids is 2. The fourth-order valence-corrected chi connectivity index (χ4v) is 2.30. The fourth-order valence-electron chi connectivity index (χ4n) is 1.63. The first-order chi connectivity index (χ1) is 8.52. The number of amides is 2. The molecule has 18 heavy (non-hydrogen) atoms. The highest BCUT2D eigenvalue weighted by Gasteiger charge is 2.21. The molecule has 0 aliphatic carbocycles. The highest BCUT2D eigenvalue weighted by molar-refractivity contribution is 7.07. The summed E-state index contributed by atoms with van der Waals surface area (Å²) >= 11 is 1.54. The molecule has 0 aliphatic heterocycles. The molecule has 0 saturated heterocycles. The fraction of sp³-hybridized carbons (Fsp3) is 0.500. The first-order valence-corrected chi connectivity index (χ1v) is 6.78. The minimum atomic E-state index is -0.568. The van der Waals surface area contributed by atoms with Gasteiger partial charge in [0.15, 0.2) is 0 Å². The van der Waals surface area contributed by atoms with Crippen LogP contribution in [0.2, 0.25) is 0 Å². The summed E-state index contributed by atoms with van der Waals surface area (Å²) in [6.45, 7) is 3.98. The summed E-state index contributed by atoms with van der Waals surface area (Å²) in [5, 5.41) is 6.55. The molecule has 1 heterocycles. The van der Waals surface area contributed by atoms with E-state index in [1.54, 1.807) is 11.3 Å². The summed E-state index contributed by atoms with van der Waals surface area (Å²) in [6.07, 6.45) is 0.856. The van der Waals surface area contributed by atoms with Gasteiger partial charge in [-0.1, -0.05) is 13.8 Å². The Balaban J connectivity index is 2.54. The molecular formula is C12H19N3O2S. The smallest absolute Gasteiger partial charge is 0.256 e. The van der Waals surface area contributed by atoms with Gasteiger partial charge >= 0.3 is 0 Å². The number of hydrogen-bond acceptors (Lipinski definition) is 4. The molecule has 1 aromatic heterocycles. The van der Waals surface area contributed by atoms with Crippen molar-refractivity contribution in [2.75, 3.05) is 0 Å². The molecule has 2 amide bonds. The number of hydrazine groups is 1. The first kappa shape index (κ1) is 14.7.